The van der Waals surface area contributed by atoms with Crippen LogP contribution in [0.15, 0.2) is 48.5 Å². The Bertz CT molecular complexity index is 644. The van der Waals surface area contributed by atoms with Crippen LogP contribution in [0.25, 0.3) is 21.8 Å². The summed E-state index contributed by atoms with van der Waals surface area (Å²) in [5.74, 6) is 0. The Morgan fingerprint density at radius 1 is 0.700 bits per heavy atom. The van der Waals surface area contributed by atoms with Crippen molar-refractivity contribution < 1.29 is 0 Å². The first-order valence-corrected chi connectivity index (χ1v) is 7.58. The van der Waals surface area contributed by atoms with Crippen LogP contribution >= 0.6 is 0 Å². The number of hydrogen-bond donors (Lipinski definition) is 1. The Labute approximate surface area is 120 Å². The van der Waals surface area contributed by atoms with Crippen molar-refractivity contribution in [3.63, 3.8) is 0 Å². The van der Waals surface area contributed by atoms with Crippen molar-refractivity contribution in [1.82, 2.24) is 4.57 Å². The molecule has 0 aliphatic carbocycles. The van der Waals surface area contributed by atoms with Gasteiger partial charge in [0, 0.05) is 28.4 Å². The van der Waals surface area contributed by atoms with Crippen molar-refractivity contribution in [2.75, 3.05) is 6.54 Å². The van der Waals surface area contributed by atoms with Crippen molar-refractivity contribution in [2.24, 2.45) is 5.73 Å². The molecular formula is C18H22N2. The summed E-state index contributed by atoms with van der Waals surface area (Å²) in [5, 5.41) is 2.73. The first-order chi connectivity index (χ1) is 9.92. The van der Waals surface area contributed by atoms with Gasteiger partial charge in [0.25, 0.3) is 0 Å². The van der Waals surface area contributed by atoms with Crippen LogP contribution in [0.2, 0.25) is 0 Å². The Morgan fingerprint density at radius 2 is 1.25 bits per heavy atom. The average Bonchev–Trinajstić information content (AvgIpc) is 2.82. The van der Waals surface area contributed by atoms with E-state index in [9.17, 15) is 0 Å². The molecule has 0 unspecified atom stereocenters. The van der Waals surface area contributed by atoms with Crippen LogP contribution in [0.4, 0.5) is 0 Å². The van der Waals surface area contributed by atoms with Gasteiger partial charge in [-0.1, -0.05) is 49.2 Å². The predicted octanol–water partition coefficient (Wildman–Crippen LogP) is 4.31. The van der Waals surface area contributed by atoms with Gasteiger partial charge in [-0.3, -0.25) is 0 Å². The summed E-state index contributed by atoms with van der Waals surface area (Å²) in [7, 11) is 0. The lowest BCUT2D eigenvalue weighted by atomic mass is 10.2. The van der Waals surface area contributed by atoms with Crippen molar-refractivity contribution in [3.8, 4) is 0 Å². The zero-order valence-corrected chi connectivity index (χ0v) is 11.9. The summed E-state index contributed by atoms with van der Waals surface area (Å²) in [4.78, 5) is 0. The molecule has 0 aliphatic heterocycles. The fourth-order valence-electron chi connectivity index (χ4n) is 3.01. The molecule has 2 aromatic carbocycles. The number of rotatable bonds is 6. The summed E-state index contributed by atoms with van der Waals surface area (Å²) < 4.78 is 2.47. The molecule has 3 aromatic rings. The minimum atomic E-state index is 0.815. The van der Waals surface area contributed by atoms with Gasteiger partial charge in [0.2, 0.25) is 0 Å². The molecule has 0 bridgehead atoms. The van der Waals surface area contributed by atoms with Gasteiger partial charge in [0.1, 0.15) is 0 Å². The third-order valence-corrected chi connectivity index (χ3v) is 4.02. The molecule has 20 heavy (non-hydrogen) atoms. The SMILES string of the molecule is NCCCCCCn1c2ccccc2c2ccccc21. The number of nitrogens with zero attached hydrogens (tertiary/aromatic N) is 1. The fraction of sp³-hybridized carbons (Fsp3) is 0.333. The minimum Gasteiger partial charge on any atom is -0.340 e. The Morgan fingerprint density at radius 3 is 1.85 bits per heavy atom. The number of hydrogen-bond acceptors (Lipinski definition) is 1. The van der Waals surface area contributed by atoms with Gasteiger partial charge in [-0.25, -0.2) is 0 Å². The molecule has 0 aliphatic rings. The fourth-order valence-corrected chi connectivity index (χ4v) is 3.01. The topological polar surface area (TPSA) is 30.9 Å². The number of unbranched alkanes of at least 4 members (excludes halogenated alkanes) is 3. The highest BCUT2D eigenvalue weighted by molar-refractivity contribution is 6.07. The van der Waals surface area contributed by atoms with E-state index in [1.165, 1.54) is 41.1 Å². The van der Waals surface area contributed by atoms with Crippen LogP contribution in [0, 0.1) is 0 Å². The lowest BCUT2D eigenvalue weighted by Crippen LogP contribution is -2.00. The van der Waals surface area contributed by atoms with Gasteiger partial charge in [0.15, 0.2) is 0 Å². The molecule has 0 radical (unpaired) electrons. The van der Waals surface area contributed by atoms with E-state index in [4.69, 9.17) is 5.73 Å². The predicted molar refractivity (Wildman–Crippen MR) is 87.0 cm³/mol. The first kappa shape index (κ1) is 13.2. The molecule has 2 heteroatoms. The van der Waals surface area contributed by atoms with E-state index in [-0.39, 0.29) is 0 Å². The second kappa shape index (κ2) is 6.10. The average molecular weight is 266 g/mol. The van der Waals surface area contributed by atoms with E-state index >= 15 is 0 Å². The number of aryl methyl sites for hydroxylation is 1. The van der Waals surface area contributed by atoms with Crippen LogP contribution in [0.1, 0.15) is 25.7 Å². The normalized spacial score (nSPS) is 11.4. The first-order valence-electron chi connectivity index (χ1n) is 7.58. The molecule has 0 amide bonds. The van der Waals surface area contributed by atoms with Crippen molar-refractivity contribution >= 4 is 21.8 Å². The Balaban J connectivity index is 1.91. The molecule has 3 rings (SSSR count). The summed E-state index contributed by atoms with van der Waals surface area (Å²) in [6, 6.07) is 17.4. The number of nitrogens with two attached hydrogens (primary N) is 1. The highest BCUT2D eigenvalue weighted by Crippen LogP contribution is 2.28. The van der Waals surface area contributed by atoms with E-state index in [1.54, 1.807) is 0 Å². The summed E-state index contributed by atoms with van der Waals surface area (Å²) in [6.45, 7) is 1.91. The van der Waals surface area contributed by atoms with E-state index in [2.05, 4.69) is 53.1 Å². The van der Waals surface area contributed by atoms with Crippen LogP contribution in [-0.4, -0.2) is 11.1 Å². The highest BCUT2D eigenvalue weighted by Gasteiger charge is 2.08. The summed E-state index contributed by atoms with van der Waals surface area (Å²) in [5.41, 5.74) is 8.26. The molecule has 104 valence electrons. The molecule has 0 atom stereocenters. The van der Waals surface area contributed by atoms with E-state index in [0.717, 1.165) is 19.5 Å². The van der Waals surface area contributed by atoms with Crippen molar-refractivity contribution in [3.05, 3.63) is 48.5 Å². The lowest BCUT2D eigenvalue weighted by Gasteiger charge is -2.07. The zero-order valence-electron chi connectivity index (χ0n) is 11.9. The van der Waals surface area contributed by atoms with Crippen LogP contribution in [0.5, 0.6) is 0 Å². The van der Waals surface area contributed by atoms with Gasteiger partial charge in [0.05, 0.1) is 0 Å². The Kier molecular flexibility index (Phi) is 4.03. The quantitative estimate of drug-likeness (QED) is 0.662. The van der Waals surface area contributed by atoms with Gasteiger partial charge < -0.3 is 10.3 Å². The largest absolute Gasteiger partial charge is 0.340 e. The molecule has 1 heterocycles. The molecule has 0 saturated heterocycles. The minimum absolute atomic E-state index is 0.815. The van der Waals surface area contributed by atoms with E-state index in [1.807, 2.05) is 0 Å². The van der Waals surface area contributed by atoms with Gasteiger partial charge in [-0.05, 0) is 31.5 Å². The molecule has 0 spiro atoms. The summed E-state index contributed by atoms with van der Waals surface area (Å²) >= 11 is 0. The Hall–Kier alpha value is -1.80. The van der Waals surface area contributed by atoms with E-state index in [0.29, 0.717) is 0 Å². The summed E-state index contributed by atoms with van der Waals surface area (Å²) in [6.07, 6.45) is 4.88. The van der Waals surface area contributed by atoms with Gasteiger partial charge >= 0.3 is 0 Å². The highest BCUT2D eigenvalue weighted by atomic mass is 15.0. The van der Waals surface area contributed by atoms with Crippen molar-refractivity contribution in [1.29, 1.82) is 0 Å². The lowest BCUT2D eigenvalue weighted by molar-refractivity contribution is 0.592. The molecular weight excluding hydrogens is 244 g/mol. The van der Waals surface area contributed by atoms with Crippen molar-refractivity contribution in [2.45, 2.75) is 32.2 Å². The standard InChI is InChI=1S/C18H22N2/c19-13-7-1-2-8-14-20-17-11-5-3-9-15(17)16-10-4-6-12-18(16)20/h3-6,9-12H,1-2,7-8,13-14,19H2. The number of fused-ring (bicyclic) bond motifs is 3. The third kappa shape index (κ3) is 2.44. The maximum atomic E-state index is 5.55. The molecule has 0 saturated carbocycles. The smallest absolute Gasteiger partial charge is 0.0491 e. The molecule has 2 N–H and O–H groups in total. The van der Waals surface area contributed by atoms with Crippen LogP contribution < -0.4 is 5.73 Å². The number of benzene rings is 2. The molecule has 0 fully saturated rings. The third-order valence-electron chi connectivity index (χ3n) is 4.02. The van der Waals surface area contributed by atoms with Crippen LogP contribution in [0.3, 0.4) is 0 Å². The maximum absolute atomic E-state index is 5.55. The molecule has 1 aromatic heterocycles. The van der Waals surface area contributed by atoms with Gasteiger partial charge in [-0.2, -0.15) is 0 Å². The maximum Gasteiger partial charge on any atom is 0.0491 e. The number of aromatic nitrogens is 1. The van der Waals surface area contributed by atoms with Crippen LogP contribution in [-0.2, 0) is 6.54 Å². The van der Waals surface area contributed by atoms with E-state index < -0.39 is 0 Å². The monoisotopic (exact) mass is 266 g/mol. The van der Waals surface area contributed by atoms with Gasteiger partial charge in [-0.15, -0.1) is 0 Å². The number of para-hydroxylation sites is 2. The second-order valence-electron chi connectivity index (χ2n) is 5.39. The zero-order chi connectivity index (χ0) is 13.8. The molecule has 2 nitrogen and oxygen atoms in total. The second-order valence-corrected chi connectivity index (χ2v) is 5.39.